The quantitative estimate of drug-likeness (QED) is 0.767. The molecule has 128 valence electrons. The smallest absolute Gasteiger partial charge is 0.233 e. The number of carbonyl (C=O) groups is 1. The summed E-state index contributed by atoms with van der Waals surface area (Å²) in [5.74, 6) is 0.420. The summed E-state index contributed by atoms with van der Waals surface area (Å²) >= 11 is 1.36. The number of morpholine rings is 1. The number of aromatic nitrogens is 4. The van der Waals surface area contributed by atoms with Crippen molar-refractivity contribution in [3.8, 4) is 5.69 Å². The largest absolute Gasteiger partial charge is 0.375 e. The summed E-state index contributed by atoms with van der Waals surface area (Å²) in [5.41, 5.74) is 2.06. The fourth-order valence-electron chi connectivity index (χ4n) is 2.53. The van der Waals surface area contributed by atoms with Crippen LogP contribution in [0.15, 0.2) is 29.4 Å². The van der Waals surface area contributed by atoms with E-state index in [2.05, 4.69) is 22.4 Å². The van der Waals surface area contributed by atoms with E-state index in [1.807, 2.05) is 36.1 Å². The Labute approximate surface area is 145 Å². The zero-order valence-electron chi connectivity index (χ0n) is 13.9. The number of hydrogen-bond donors (Lipinski definition) is 0. The third-order valence-corrected chi connectivity index (χ3v) is 4.90. The monoisotopic (exact) mass is 347 g/mol. The van der Waals surface area contributed by atoms with Crippen LogP contribution in [0.5, 0.6) is 0 Å². The van der Waals surface area contributed by atoms with Crippen LogP contribution in [0.4, 0.5) is 0 Å². The fourth-order valence-corrected chi connectivity index (χ4v) is 3.32. The van der Waals surface area contributed by atoms with Crippen LogP contribution < -0.4 is 0 Å². The van der Waals surface area contributed by atoms with Gasteiger partial charge in [-0.3, -0.25) is 4.79 Å². The number of benzene rings is 1. The first-order valence-electron chi connectivity index (χ1n) is 8.05. The third-order valence-electron chi connectivity index (χ3n) is 3.99. The van der Waals surface area contributed by atoms with Crippen molar-refractivity contribution in [2.24, 2.45) is 0 Å². The van der Waals surface area contributed by atoms with Crippen LogP contribution in [0, 0.1) is 6.92 Å². The average molecular weight is 347 g/mol. The Balaban J connectivity index is 1.62. The number of thioether (sulfide) groups is 1. The van der Waals surface area contributed by atoms with Gasteiger partial charge in [0.25, 0.3) is 0 Å². The van der Waals surface area contributed by atoms with Crippen molar-refractivity contribution in [3.05, 3.63) is 29.8 Å². The number of nitrogens with zero attached hydrogens (tertiary/aromatic N) is 5. The predicted octanol–water partition coefficient (Wildman–Crippen LogP) is 1.70. The maximum absolute atomic E-state index is 12.4. The molecule has 2 aromatic rings. The topological polar surface area (TPSA) is 73.1 Å². The molecule has 0 bridgehead atoms. The molecule has 0 aliphatic carbocycles. The maximum Gasteiger partial charge on any atom is 0.233 e. The van der Waals surface area contributed by atoms with Crippen molar-refractivity contribution in [3.63, 3.8) is 0 Å². The molecule has 1 aromatic carbocycles. The van der Waals surface area contributed by atoms with E-state index in [4.69, 9.17) is 4.74 Å². The van der Waals surface area contributed by atoms with Gasteiger partial charge in [-0.2, -0.15) is 4.68 Å². The number of tetrazole rings is 1. The van der Waals surface area contributed by atoms with Crippen LogP contribution in [0.2, 0.25) is 0 Å². The van der Waals surface area contributed by atoms with Gasteiger partial charge in [-0.1, -0.05) is 36.4 Å². The molecule has 3 rings (SSSR count). The van der Waals surface area contributed by atoms with E-state index in [-0.39, 0.29) is 12.0 Å². The number of aryl methyl sites for hydroxylation is 1. The maximum atomic E-state index is 12.4. The minimum Gasteiger partial charge on any atom is -0.375 e. The van der Waals surface area contributed by atoms with Crippen LogP contribution in [-0.2, 0) is 9.53 Å². The lowest BCUT2D eigenvalue weighted by Gasteiger charge is -2.32. The molecule has 1 fully saturated rings. The Bertz CT molecular complexity index is 688. The second-order valence-corrected chi connectivity index (χ2v) is 6.68. The van der Waals surface area contributed by atoms with Gasteiger partial charge in [0.05, 0.1) is 24.2 Å². The number of hydrogen-bond acceptors (Lipinski definition) is 6. The first kappa shape index (κ1) is 16.9. The minimum atomic E-state index is 0.0974. The van der Waals surface area contributed by atoms with E-state index in [0.29, 0.717) is 30.6 Å². The second-order valence-electron chi connectivity index (χ2n) is 5.74. The van der Waals surface area contributed by atoms with E-state index in [0.717, 1.165) is 12.1 Å². The molecule has 0 radical (unpaired) electrons. The highest BCUT2D eigenvalue weighted by Crippen LogP contribution is 2.19. The molecule has 2 heterocycles. The summed E-state index contributed by atoms with van der Waals surface area (Å²) in [6.45, 7) is 6.03. The molecule has 0 N–H and O–H groups in total. The van der Waals surface area contributed by atoms with Crippen LogP contribution >= 0.6 is 11.8 Å². The van der Waals surface area contributed by atoms with Crippen molar-refractivity contribution >= 4 is 17.7 Å². The van der Waals surface area contributed by atoms with Crippen LogP contribution in [0.3, 0.4) is 0 Å². The molecular formula is C16H21N5O2S. The third kappa shape index (κ3) is 3.93. The van der Waals surface area contributed by atoms with Crippen molar-refractivity contribution < 1.29 is 9.53 Å². The van der Waals surface area contributed by atoms with E-state index in [1.54, 1.807) is 4.68 Å². The van der Waals surface area contributed by atoms with Gasteiger partial charge in [-0.25, -0.2) is 0 Å². The summed E-state index contributed by atoms with van der Waals surface area (Å²) in [6.07, 6.45) is 1.06. The highest BCUT2D eigenvalue weighted by atomic mass is 32.2. The lowest BCUT2D eigenvalue weighted by atomic mass is 10.2. The van der Waals surface area contributed by atoms with Gasteiger partial charge in [0.2, 0.25) is 11.1 Å². The number of amides is 1. The average Bonchev–Trinajstić information content (AvgIpc) is 3.09. The molecule has 0 spiro atoms. The lowest BCUT2D eigenvalue weighted by Crippen LogP contribution is -2.46. The van der Waals surface area contributed by atoms with Gasteiger partial charge in [-0.15, -0.1) is 5.10 Å². The number of carbonyl (C=O) groups excluding carboxylic acids is 1. The molecule has 1 aromatic heterocycles. The summed E-state index contributed by atoms with van der Waals surface area (Å²) in [4.78, 5) is 14.3. The highest BCUT2D eigenvalue weighted by molar-refractivity contribution is 7.99. The van der Waals surface area contributed by atoms with Gasteiger partial charge in [0, 0.05) is 13.1 Å². The lowest BCUT2D eigenvalue weighted by molar-refractivity contribution is -0.135. The Morgan fingerprint density at radius 3 is 2.92 bits per heavy atom. The zero-order chi connectivity index (χ0) is 16.9. The van der Waals surface area contributed by atoms with Gasteiger partial charge < -0.3 is 9.64 Å². The molecule has 1 atom stereocenters. The Morgan fingerprint density at radius 1 is 1.38 bits per heavy atom. The molecule has 0 saturated carbocycles. The molecule has 1 aliphatic heterocycles. The van der Waals surface area contributed by atoms with Crippen molar-refractivity contribution in [1.29, 1.82) is 0 Å². The highest BCUT2D eigenvalue weighted by Gasteiger charge is 2.23. The van der Waals surface area contributed by atoms with Crippen LogP contribution in [-0.4, -0.2) is 62.6 Å². The predicted molar refractivity (Wildman–Crippen MR) is 91.2 cm³/mol. The summed E-state index contributed by atoms with van der Waals surface area (Å²) in [6, 6.07) is 7.95. The fraction of sp³-hybridized carbons (Fsp3) is 0.500. The van der Waals surface area contributed by atoms with Crippen LogP contribution in [0.1, 0.15) is 18.9 Å². The molecule has 8 heteroatoms. The van der Waals surface area contributed by atoms with E-state index in [9.17, 15) is 4.79 Å². The Kier molecular flexibility index (Phi) is 5.47. The first-order chi connectivity index (χ1) is 11.7. The van der Waals surface area contributed by atoms with Gasteiger partial charge in [-0.05, 0) is 35.9 Å². The molecule has 0 unspecified atom stereocenters. The van der Waals surface area contributed by atoms with Crippen molar-refractivity contribution in [1.82, 2.24) is 25.1 Å². The summed E-state index contributed by atoms with van der Waals surface area (Å²) in [5, 5.41) is 12.4. The Hall–Kier alpha value is -1.93. The standard InChI is InChI=1S/C16H21N5O2S/c1-3-14-10-20(8-9-23-14)15(22)11-24-16-17-18-19-21(16)13-6-4-12(2)5-7-13/h4-7,14H,3,8-11H2,1-2H3/t14-/m0/s1. The molecular weight excluding hydrogens is 326 g/mol. The van der Waals surface area contributed by atoms with Gasteiger partial charge >= 0.3 is 0 Å². The molecule has 24 heavy (non-hydrogen) atoms. The Morgan fingerprint density at radius 2 is 2.17 bits per heavy atom. The molecule has 1 aliphatic rings. The minimum absolute atomic E-state index is 0.0974. The first-order valence-corrected chi connectivity index (χ1v) is 9.03. The van der Waals surface area contributed by atoms with Crippen LogP contribution in [0.25, 0.3) is 5.69 Å². The van der Waals surface area contributed by atoms with Crippen molar-refractivity contribution in [2.45, 2.75) is 31.5 Å². The number of rotatable bonds is 5. The van der Waals surface area contributed by atoms with Crippen molar-refractivity contribution in [2.75, 3.05) is 25.4 Å². The van der Waals surface area contributed by atoms with E-state index < -0.39 is 0 Å². The number of ether oxygens (including phenoxy) is 1. The van der Waals surface area contributed by atoms with Gasteiger partial charge in [0.15, 0.2) is 0 Å². The van der Waals surface area contributed by atoms with Gasteiger partial charge in [0.1, 0.15) is 0 Å². The van der Waals surface area contributed by atoms with E-state index >= 15 is 0 Å². The second kappa shape index (κ2) is 7.76. The zero-order valence-corrected chi connectivity index (χ0v) is 14.7. The van der Waals surface area contributed by atoms with E-state index in [1.165, 1.54) is 17.3 Å². The summed E-state index contributed by atoms with van der Waals surface area (Å²) in [7, 11) is 0. The molecule has 1 amide bonds. The summed E-state index contributed by atoms with van der Waals surface area (Å²) < 4.78 is 7.27. The SMILES string of the molecule is CC[C@H]1CN(C(=O)CSc2nnnn2-c2ccc(C)cc2)CCO1. The molecule has 7 nitrogen and oxygen atoms in total. The molecule has 1 saturated heterocycles. The normalized spacial score (nSPS) is 17.9.